The van der Waals surface area contributed by atoms with Gasteiger partial charge in [0, 0.05) is 43.6 Å². The molecule has 2 amide bonds. The van der Waals surface area contributed by atoms with Gasteiger partial charge in [0.2, 0.25) is 11.8 Å². The number of nitrogens with one attached hydrogen (secondary N) is 1. The molecule has 9 heteroatoms. The molecule has 0 fully saturated rings. The van der Waals surface area contributed by atoms with Crippen LogP contribution in [-0.2, 0) is 22.4 Å². The molecule has 232 valence electrons. The van der Waals surface area contributed by atoms with E-state index in [2.05, 4.69) is 5.32 Å². The molecule has 0 heterocycles. The van der Waals surface area contributed by atoms with Crippen LogP contribution >= 0.6 is 0 Å². The van der Waals surface area contributed by atoms with Gasteiger partial charge in [0.25, 0.3) is 0 Å². The first kappa shape index (κ1) is 32.5. The average molecular weight is 596 g/mol. The number of amides is 2. The number of aliphatic hydroxyl groups excluding tert-OH is 2. The Morgan fingerprint density at radius 1 is 1.12 bits per heavy atom. The summed E-state index contributed by atoms with van der Waals surface area (Å²) in [6.07, 6.45) is 3.34. The Morgan fingerprint density at radius 3 is 2.40 bits per heavy atom. The maximum atomic E-state index is 14.3. The Morgan fingerprint density at radius 2 is 1.77 bits per heavy atom. The fourth-order valence-corrected chi connectivity index (χ4v) is 6.77. The summed E-state index contributed by atoms with van der Waals surface area (Å²) in [6, 6.07) is 10.3. The Bertz CT molecular complexity index is 1370. The van der Waals surface area contributed by atoms with Gasteiger partial charge in [-0.3, -0.25) is 9.59 Å². The van der Waals surface area contributed by atoms with Crippen molar-refractivity contribution >= 4 is 11.8 Å². The highest BCUT2D eigenvalue weighted by molar-refractivity contribution is 5.97. The van der Waals surface area contributed by atoms with Crippen molar-refractivity contribution in [2.45, 2.75) is 71.1 Å². The molecule has 0 saturated heterocycles. The summed E-state index contributed by atoms with van der Waals surface area (Å²) in [5.41, 5.74) is 7.81. The fourth-order valence-electron chi connectivity index (χ4n) is 6.77. The largest absolute Gasteiger partial charge is 0.391 e. The molecule has 1 unspecified atom stereocenters. The maximum absolute atomic E-state index is 14.3. The topological polar surface area (TPSA) is 116 Å². The molecule has 0 saturated carbocycles. The van der Waals surface area contributed by atoms with Crippen molar-refractivity contribution in [2.75, 3.05) is 19.6 Å². The van der Waals surface area contributed by atoms with E-state index < -0.39 is 47.1 Å². The number of allylic oxidation sites excluding steroid dienone is 2. The summed E-state index contributed by atoms with van der Waals surface area (Å²) in [4.78, 5) is 28.9. The number of carbonyl (C=O) groups excluding carboxylic acids is 2. The monoisotopic (exact) mass is 595 g/mol. The number of nitrogens with zero attached hydrogens (tertiary/aromatic N) is 1. The van der Waals surface area contributed by atoms with Crippen LogP contribution in [0.4, 0.5) is 8.78 Å². The second kappa shape index (κ2) is 13.9. The van der Waals surface area contributed by atoms with Gasteiger partial charge in [0.1, 0.15) is 11.6 Å². The molecule has 43 heavy (non-hydrogen) atoms. The molecule has 5 atom stereocenters. The van der Waals surface area contributed by atoms with E-state index >= 15 is 0 Å². The minimum atomic E-state index is -1.52. The minimum absolute atomic E-state index is 0.0365. The molecule has 2 aromatic carbocycles. The molecular formula is C34H43F2N3O4. The van der Waals surface area contributed by atoms with Crippen molar-refractivity contribution in [1.82, 2.24) is 10.2 Å². The molecule has 2 aliphatic carbocycles. The molecule has 0 aliphatic heterocycles. The van der Waals surface area contributed by atoms with Crippen molar-refractivity contribution in [1.29, 1.82) is 0 Å². The number of rotatable bonds is 13. The molecule has 0 radical (unpaired) electrons. The number of hydrogen-bond donors (Lipinski definition) is 4. The van der Waals surface area contributed by atoms with Crippen LogP contribution in [0.1, 0.15) is 62.8 Å². The molecule has 5 N–H and O–H groups in total. The van der Waals surface area contributed by atoms with Gasteiger partial charge in [-0.15, -0.1) is 0 Å². The van der Waals surface area contributed by atoms with Crippen LogP contribution in [0.2, 0.25) is 0 Å². The lowest BCUT2D eigenvalue weighted by atomic mass is 9.63. The third-order valence-corrected chi connectivity index (χ3v) is 8.63. The summed E-state index contributed by atoms with van der Waals surface area (Å²) >= 11 is 0. The number of primary amides is 1. The SMILES string of the molecule is CCCN(CCC)C(=O)C1=CC(C)=CC(C(N)=O)([C@H](Cc2cc(F)cc(F)c2)[C@@H](O)CN[C@@H]2c3ccccc3C[C@@H]2O)C1. The van der Waals surface area contributed by atoms with Gasteiger partial charge in [-0.1, -0.05) is 55.8 Å². The van der Waals surface area contributed by atoms with Crippen molar-refractivity contribution in [3.8, 4) is 0 Å². The van der Waals surface area contributed by atoms with E-state index in [9.17, 15) is 28.6 Å². The van der Waals surface area contributed by atoms with Crippen LogP contribution in [0.5, 0.6) is 0 Å². The fraction of sp³-hybridized carbons (Fsp3) is 0.471. The number of fused-ring (bicyclic) bond motifs is 1. The van der Waals surface area contributed by atoms with Crippen LogP contribution in [-0.4, -0.2) is 58.8 Å². The number of hydrogen-bond acceptors (Lipinski definition) is 5. The standard InChI is InChI=1S/C34H43F2N3O4/c1-4-10-39(11-5-2)32(42)24-12-21(3)18-34(19-24,33(37)43)28(15-22-13-25(35)17-26(36)14-22)30(41)20-38-31-27-9-7-6-8-23(27)16-29(31)40/h6-9,12-14,17-18,28-31,38,40-41H,4-5,10-11,15-16,19-20H2,1-3H3,(H2,37,43)/t28-,29+,30+,31-,34?/m1/s1. The lowest BCUT2D eigenvalue weighted by molar-refractivity contribution is -0.132. The normalized spacial score (nSPS) is 22.8. The zero-order valence-corrected chi connectivity index (χ0v) is 25.2. The molecular weight excluding hydrogens is 552 g/mol. The average Bonchev–Trinajstić information content (AvgIpc) is 3.27. The number of nitrogens with two attached hydrogens (primary N) is 1. The first-order valence-electron chi connectivity index (χ1n) is 15.1. The van der Waals surface area contributed by atoms with Crippen LogP contribution < -0.4 is 11.1 Å². The second-order valence-electron chi connectivity index (χ2n) is 11.9. The highest BCUT2D eigenvalue weighted by atomic mass is 19.1. The Balaban J connectivity index is 1.70. The molecule has 2 aromatic rings. The Labute approximate surface area is 252 Å². The molecule has 0 aromatic heterocycles. The van der Waals surface area contributed by atoms with E-state index in [1.807, 2.05) is 38.1 Å². The first-order chi connectivity index (χ1) is 20.5. The summed E-state index contributed by atoms with van der Waals surface area (Å²) in [5.74, 6) is -3.45. The zero-order chi connectivity index (χ0) is 31.3. The van der Waals surface area contributed by atoms with Gasteiger partial charge >= 0.3 is 0 Å². The summed E-state index contributed by atoms with van der Waals surface area (Å²) in [6.45, 7) is 6.82. The van der Waals surface area contributed by atoms with Crippen molar-refractivity contribution in [3.63, 3.8) is 0 Å². The lowest BCUT2D eigenvalue weighted by Gasteiger charge is -2.42. The molecule has 0 bridgehead atoms. The second-order valence-corrected chi connectivity index (χ2v) is 11.9. The molecule has 2 aliphatic rings. The van der Waals surface area contributed by atoms with E-state index in [-0.39, 0.29) is 30.9 Å². The quantitative estimate of drug-likeness (QED) is 0.278. The summed E-state index contributed by atoms with van der Waals surface area (Å²) in [5, 5.41) is 25.8. The van der Waals surface area contributed by atoms with Crippen LogP contribution in [0.15, 0.2) is 65.8 Å². The summed E-state index contributed by atoms with van der Waals surface area (Å²) < 4.78 is 28.5. The van der Waals surface area contributed by atoms with Crippen molar-refractivity contribution < 1.29 is 28.6 Å². The van der Waals surface area contributed by atoms with E-state index in [0.717, 1.165) is 30.0 Å². The zero-order valence-electron chi connectivity index (χ0n) is 25.2. The van der Waals surface area contributed by atoms with Crippen LogP contribution in [0.3, 0.4) is 0 Å². The van der Waals surface area contributed by atoms with E-state index in [4.69, 9.17) is 5.73 Å². The highest BCUT2D eigenvalue weighted by Crippen LogP contribution is 2.45. The number of halogens is 2. The van der Waals surface area contributed by atoms with E-state index in [1.54, 1.807) is 24.0 Å². The third-order valence-electron chi connectivity index (χ3n) is 8.63. The number of carbonyl (C=O) groups is 2. The van der Waals surface area contributed by atoms with Crippen LogP contribution in [0, 0.1) is 23.0 Å². The minimum Gasteiger partial charge on any atom is -0.391 e. The number of benzene rings is 2. The van der Waals surface area contributed by atoms with Gasteiger partial charge in [-0.05, 0) is 61.4 Å². The molecule has 4 rings (SSSR count). The van der Waals surface area contributed by atoms with Gasteiger partial charge in [-0.2, -0.15) is 0 Å². The van der Waals surface area contributed by atoms with Gasteiger partial charge in [0.15, 0.2) is 0 Å². The lowest BCUT2D eigenvalue weighted by Crippen LogP contribution is -2.52. The van der Waals surface area contributed by atoms with Gasteiger partial charge < -0.3 is 26.2 Å². The Kier molecular flexibility index (Phi) is 10.5. The van der Waals surface area contributed by atoms with Crippen molar-refractivity contribution in [2.24, 2.45) is 17.1 Å². The predicted molar refractivity (Wildman–Crippen MR) is 162 cm³/mol. The first-order valence-corrected chi connectivity index (χ1v) is 15.1. The number of aliphatic hydroxyl groups is 2. The summed E-state index contributed by atoms with van der Waals surface area (Å²) in [7, 11) is 0. The van der Waals surface area contributed by atoms with E-state index in [1.165, 1.54) is 12.1 Å². The van der Waals surface area contributed by atoms with Gasteiger partial charge in [-0.25, -0.2) is 8.78 Å². The Hall–Kier alpha value is -3.40. The highest BCUT2D eigenvalue weighted by Gasteiger charge is 2.49. The van der Waals surface area contributed by atoms with E-state index in [0.29, 0.717) is 30.7 Å². The smallest absolute Gasteiger partial charge is 0.249 e. The third kappa shape index (κ3) is 7.22. The molecule has 7 nitrogen and oxygen atoms in total. The predicted octanol–water partition coefficient (Wildman–Crippen LogP) is 4.13. The maximum Gasteiger partial charge on any atom is 0.249 e. The van der Waals surface area contributed by atoms with Gasteiger partial charge in [0.05, 0.1) is 23.7 Å². The van der Waals surface area contributed by atoms with Crippen LogP contribution in [0.25, 0.3) is 0 Å². The molecule has 0 spiro atoms. The van der Waals surface area contributed by atoms with Crippen molar-refractivity contribution in [3.05, 3.63) is 94.1 Å².